The fraction of sp³-hybridized carbons (Fsp3) is 0.500. The molecule has 14 heavy (non-hydrogen) atoms. The summed E-state index contributed by atoms with van der Waals surface area (Å²) >= 11 is 0. The number of hydrogen-bond acceptors (Lipinski definition) is 4. The highest BCUT2D eigenvalue weighted by molar-refractivity contribution is 6.70. The first-order chi connectivity index (χ1) is 6.51. The lowest BCUT2D eigenvalue weighted by Crippen LogP contribution is -2.30. The normalized spacial score (nSPS) is 12.0. The lowest BCUT2D eigenvalue weighted by atomic mass is 10.6. The molecule has 4 nitrogen and oxygen atoms in total. The highest BCUT2D eigenvalue weighted by Crippen LogP contribution is 2.12. The zero-order valence-corrected chi connectivity index (χ0v) is 11.6. The maximum Gasteiger partial charge on any atom is 0.304 e. The molecule has 1 aromatic heterocycles. The Morgan fingerprint density at radius 3 is 2.71 bits per heavy atom. The molecular weight excluding hydrogens is 210 g/mol. The van der Waals surface area contributed by atoms with Gasteiger partial charge in [-0.15, -0.1) is 0 Å². The molecule has 0 saturated carbocycles. The molecule has 0 amide bonds. The summed E-state index contributed by atoms with van der Waals surface area (Å²) in [5, 5.41) is 0. The summed E-state index contributed by atoms with van der Waals surface area (Å²) in [5.41, 5.74) is 0. The Balaban J connectivity index is 2.73. The molecule has 0 aromatic carbocycles. The molecule has 1 aromatic rings. The summed E-state index contributed by atoms with van der Waals surface area (Å²) in [5.74, 6) is 0.877. The lowest BCUT2D eigenvalue weighted by molar-refractivity contribution is 0.510. The Morgan fingerprint density at radius 1 is 1.43 bits per heavy atom. The first-order valence-electron chi connectivity index (χ1n) is 4.77. The summed E-state index contributed by atoms with van der Waals surface area (Å²) in [4.78, 5) is 11.6. The van der Waals surface area contributed by atoms with Crippen LogP contribution in [0.2, 0.25) is 26.2 Å². The van der Waals surface area contributed by atoms with E-state index in [1.807, 2.05) is 6.07 Å². The third-order valence-corrected chi connectivity index (χ3v) is 2.90. The van der Waals surface area contributed by atoms with Crippen molar-refractivity contribution in [1.29, 1.82) is 0 Å². The van der Waals surface area contributed by atoms with E-state index in [0.29, 0.717) is 6.01 Å². The molecule has 0 saturated heterocycles. The minimum Gasteiger partial charge on any atom is -0.518 e. The highest BCUT2D eigenvalue weighted by atomic mass is 28.4. The molecule has 1 N–H and O–H groups in total. The third-order valence-electron chi connectivity index (χ3n) is 1.39. The van der Waals surface area contributed by atoms with Crippen LogP contribution in [0.5, 0.6) is 6.01 Å². The molecule has 0 bridgehead atoms. The van der Waals surface area contributed by atoms with Gasteiger partial charge in [0.1, 0.15) is 15.5 Å². The zero-order chi connectivity index (χ0) is 10.6. The molecule has 0 aliphatic rings. The Bertz CT molecular complexity index is 301. The lowest BCUT2D eigenvalue weighted by Gasteiger charge is -2.17. The average molecular weight is 227 g/mol. The van der Waals surface area contributed by atoms with Gasteiger partial charge in [-0.1, -0.05) is 6.55 Å². The Labute approximate surface area is 88.2 Å². The van der Waals surface area contributed by atoms with Gasteiger partial charge in [0.05, 0.1) is 0 Å². The summed E-state index contributed by atoms with van der Waals surface area (Å²) in [7, 11) is -1.81. The minimum absolute atomic E-state index is 0.227. The van der Waals surface area contributed by atoms with Gasteiger partial charge >= 0.3 is 6.01 Å². The fourth-order valence-corrected chi connectivity index (χ4v) is 2.15. The van der Waals surface area contributed by atoms with Gasteiger partial charge in [-0.05, 0) is 25.7 Å². The largest absolute Gasteiger partial charge is 0.518 e. The maximum absolute atomic E-state index is 5.68. The topological polar surface area (TPSA) is 47.0 Å². The molecular formula is C8H17N3OSi2. The third kappa shape index (κ3) is 3.88. The van der Waals surface area contributed by atoms with Crippen LogP contribution in [-0.2, 0) is 0 Å². The van der Waals surface area contributed by atoms with Crippen molar-refractivity contribution in [2.75, 3.05) is 4.98 Å². The van der Waals surface area contributed by atoms with E-state index in [0.717, 1.165) is 5.82 Å². The van der Waals surface area contributed by atoms with Gasteiger partial charge < -0.3 is 9.41 Å². The van der Waals surface area contributed by atoms with Crippen LogP contribution in [0, 0.1) is 0 Å². The van der Waals surface area contributed by atoms with Crippen LogP contribution in [-0.4, -0.2) is 28.0 Å². The summed E-state index contributed by atoms with van der Waals surface area (Å²) in [6, 6.07) is 2.37. The number of hydrogen-bond donors (Lipinski definition) is 1. The minimum atomic E-state index is -1.59. The number of nitrogens with zero attached hydrogens (tertiary/aromatic N) is 2. The van der Waals surface area contributed by atoms with E-state index in [1.165, 1.54) is 0 Å². The summed E-state index contributed by atoms with van der Waals surface area (Å²) in [6.07, 6.45) is 1.73. The van der Waals surface area contributed by atoms with Gasteiger partial charge in [0, 0.05) is 6.20 Å². The Hall–Kier alpha value is -0.886. The van der Waals surface area contributed by atoms with Crippen molar-refractivity contribution in [1.82, 2.24) is 9.97 Å². The van der Waals surface area contributed by atoms with E-state index in [1.54, 1.807) is 6.20 Å². The molecule has 6 heteroatoms. The van der Waals surface area contributed by atoms with E-state index in [-0.39, 0.29) is 9.68 Å². The van der Waals surface area contributed by atoms with Gasteiger partial charge in [-0.2, -0.15) is 4.98 Å². The zero-order valence-electron chi connectivity index (χ0n) is 9.16. The predicted molar refractivity (Wildman–Crippen MR) is 64.0 cm³/mol. The molecule has 0 aliphatic carbocycles. The smallest absolute Gasteiger partial charge is 0.304 e. The summed E-state index contributed by atoms with van der Waals surface area (Å²) in [6.45, 7) is 8.52. The standard InChI is InChI=1S/C8H17N3OSi2/c1-13-11-7-5-6-9-8(10-7)12-14(2,3)4/h5-6H,13H2,1-4H3,(H,9,10,11). The second-order valence-electron chi connectivity index (χ2n) is 3.97. The maximum atomic E-state index is 5.68. The van der Waals surface area contributed by atoms with Crippen LogP contribution in [0.15, 0.2) is 12.3 Å². The van der Waals surface area contributed by atoms with E-state index < -0.39 is 8.32 Å². The van der Waals surface area contributed by atoms with Crippen molar-refractivity contribution in [2.24, 2.45) is 0 Å². The molecule has 0 atom stereocenters. The number of rotatable bonds is 4. The Kier molecular flexibility index (Phi) is 3.64. The molecule has 0 radical (unpaired) electrons. The predicted octanol–water partition coefficient (Wildman–Crippen LogP) is 1.23. The van der Waals surface area contributed by atoms with E-state index >= 15 is 0 Å². The van der Waals surface area contributed by atoms with E-state index in [4.69, 9.17) is 4.43 Å². The van der Waals surface area contributed by atoms with Crippen molar-refractivity contribution in [3.05, 3.63) is 12.3 Å². The first-order valence-corrected chi connectivity index (χ1v) is 10.3. The van der Waals surface area contributed by atoms with Crippen LogP contribution >= 0.6 is 0 Å². The monoisotopic (exact) mass is 227 g/mol. The van der Waals surface area contributed by atoms with E-state index in [9.17, 15) is 0 Å². The molecule has 1 rings (SSSR count). The molecule has 78 valence electrons. The number of aromatic nitrogens is 2. The second-order valence-corrected chi connectivity index (χ2v) is 9.46. The number of nitrogens with one attached hydrogen (secondary N) is 1. The van der Waals surface area contributed by atoms with Gasteiger partial charge in [-0.25, -0.2) is 4.98 Å². The van der Waals surface area contributed by atoms with Crippen LogP contribution in [0.3, 0.4) is 0 Å². The highest BCUT2D eigenvalue weighted by Gasteiger charge is 2.17. The average Bonchev–Trinajstić information content (AvgIpc) is 2.02. The van der Waals surface area contributed by atoms with Gasteiger partial charge in [0.2, 0.25) is 8.32 Å². The van der Waals surface area contributed by atoms with Crippen LogP contribution in [0.1, 0.15) is 0 Å². The van der Waals surface area contributed by atoms with Crippen molar-refractivity contribution < 1.29 is 4.43 Å². The van der Waals surface area contributed by atoms with Crippen molar-refractivity contribution in [2.45, 2.75) is 26.2 Å². The molecule has 0 fully saturated rings. The molecule has 0 unspecified atom stereocenters. The quantitative estimate of drug-likeness (QED) is 0.786. The number of anilines is 1. The molecule has 1 heterocycles. The molecule has 0 spiro atoms. The van der Waals surface area contributed by atoms with Gasteiger partial charge in [0.25, 0.3) is 0 Å². The fourth-order valence-electron chi connectivity index (χ4n) is 0.943. The van der Waals surface area contributed by atoms with Gasteiger partial charge in [0.15, 0.2) is 0 Å². The molecule has 0 aliphatic heterocycles. The van der Waals surface area contributed by atoms with Crippen molar-refractivity contribution >= 4 is 23.8 Å². The first kappa shape index (κ1) is 11.2. The Morgan fingerprint density at radius 2 is 2.14 bits per heavy atom. The van der Waals surface area contributed by atoms with E-state index in [2.05, 4.69) is 41.1 Å². The van der Waals surface area contributed by atoms with Gasteiger partial charge in [-0.3, -0.25) is 0 Å². The van der Waals surface area contributed by atoms with Crippen LogP contribution < -0.4 is 9.41 Å². The van der Waals surface area contributed by atoms with Crippen LogP contribution in [0.4, 0.5) is 5.82 Å². The SMILES string of the molecule is C[SiH2]Nc1ccnc(O[Si](C)(C)C)n1. The van der Waals surface area contributed by atoms with Crippen molar-refractivity contribution in [3.63, 3.8) is 0 Å². The van der Waals surface area contributed by atoms with Crippen molar-refractivity contribution in [3.8, 4) is 6.01 Å². The summed E-state index contributed by atoms with van der Waals surface area (Å²) < 4.78 is 5.68. The second kappa shape index (κ2) is 4.56. The van der Waals surface area contributed by atoms with Crippen LogP contribution in [0.25, 0.3) is 0 Å².